The van der Waals surface area contributed by atoms with Gasteiger partial charge in [0.1, 0.15) is 11.8 Å². The van der Waals surface area contributed by atoms with E-state index in [0.29, 0.717) is 0 Å². The molecule has 0 aromatic heterocycles. The van der Waals surface area contributed by atoms with Gasteiger partial charge in [0.15, 0.2) is 0 Å². The van der Waals surface area contributed by atoms with Gasteiger partial charge in [0.25, 0.3) is 0 Å². The molecule has 0 saturated carbocycles. The molecule has 7 nitrogen and oxygen atoms in total. The molecule has 18 heavy (non-hydrogen) atoms. The highest BCUT2D eigenvalue weighted by molar-refractivity contribution is 5.87. The van der Waals surface area contributed by atoms with Crippen molar-refractivity contribution in [1.82, 2.24) is 10.6 Å². The van der Waals surface area contributed by atoms with Crippen molar-refractivity contribution in [1.29, 1.82) is 0 Å². The van der Waals surface area contributed by atoms with Crippen LogP contribution in [-0.4, -0.2) is 41.3 Å². The Labute approximate surface area is 105 Å². The lowest BCUT2D eigenvalue weighted by molar-refractivity contribution is -0.137. The molecule has 7 heteroatoms. The van der Waals surface area contributed by atoms with Crippen LogP contribution in [0.5, 0.6) is 0 Å². The molecular weight excluding hydrogens is 240 g/mol. The Kier molecular flexibility index (Phi) is 7.34. The van der Waals surface area contributed by atoms with Crippen LogP contribution in [-0.2, 0) is 19.2 Å². The van der Waals surface area contributed by atoms with Crippen molar-refractivity contribution in [3.05, 3.63) is 0 Å². The second kappa shape index (κ2) is 8.21. The fourth-order valence-corrected chi connectivity index (χ4v) is 1.27. The largest absolute Gasteiger partial charge is 0.481 e. The number of rotatable bonds is 8. The normalized spacial score (nSPS) is 11.4. The molecule has 0 aromatic carbocycles. The quantitative estimate of drug-likeness (QED) is 0.540. The summed E-state index contributed by atoms with van der Waals surface area (Å²) in [5, 5.41) is 13.4. The number of nitrogens with one attached hydrogen (secondary N) is 2. The minimum absolute atomic E-state index is 0.0147. The van der Waals surface area contributed by atoms with Gasteiger partial charge in [0.05, 0.1) is 0 Å². The van der Waals surface area contributed by atoms with Gasteiger partial charge in [-0.05, 0) is 13.3 Å². The van der Waals surface area contributed by atoms with Crippen molar-refractivity contribution in [3.63, 3.8) is 0 Å². The fourth-order valence-electron chi connectivity index (χ4n) is 1.27. The summed E-state index contributed by atoms with van der Waals surface area (Å²) in [6, 6.07) is -0.884. The third-order valence-corrected chi connectivity index (χ3v) is 2.12. The fraction of sp³-hybridized carbons (Fsp3) is 0.636. The summed E-state index contributed by atoms with van der Waals surface area (Å²) in [6.07, 6.45) is 0.00333. The van der Waals surface area contributed by atoms with Crippen LogP contribution in [0.1, 0.15) is 33.1 Å². The summed E-state index contributed by atoms with van der Waals surface area (Å²) in [4.78, 5) is 43.7. The average Bonchev–Trinajstić information content (AvgIpc) is 2.22. The van der Waals surface area contributed by atoms with Crippen molar-refractivity contribution in [3.8, 4) is 0 Å². The van der Waals surface area contributed by atoms with Gasteiger partial charge in [-0.2, -0.15) is 0 Å². The van der Waals surface area contributed by atoms with E-state index in [0.717, 1.165) is 0 Å². The Morgan fingerprint density at radius 3 is 2.17 bits per heavy atom. The highest BCUT2D eigenvalue weighted by Gasteiger charge is 2.19. The number of Topliss-reactive ketones (excluding diaryl/α,β-unsaturated/α-hetero) is 1. The first-order valence-electron chi connectivity index (χ1n) is 5.59. The maximum absolute atomic E-state index is 11.6. The third-order valence-electron chi connectivity index (χ3n) is 2.12. The van der Waals surface area contributed by atoms with Crippen LogP contribution in [0, 0.1) is 0 Å². The molecule has 2 amide bonds. The maximum Gasteiger partial charge on any atom is 0.303 e. The first-order chi connectivity index (χ1) is 8.32. The van der Waals surface area contributed by atoms with E-state index < -0.39 is 23.8 Å². The SMILES string of the molecule is CC(=O)CCNC(=O)C(CCC(=O)O)NC(C)=O. The molecule has 0 bridgehead atoms. The smallest absolute Gasteiger partial charge is 0.303 e. The van der Waals surface area contributed by atoms with Gasteiger partial charge >= 0.3 is 5.97 Å². The van der Waals surface area contributed by atoms with Gasteiger partial charge in [-0.1, -0.05) is 0 Å². The molecular formula is C11H18N2O5. The van der Waals surface area contributed by atoms with Crippen molar-refractivity contribution >= 4 is 23.6 Å². The molecule has 0 aliphatic heterocycles. The van der Waals surface area contributed by atoms with Gasteiger partial charge in [-0.15, -0.1) is 0 Å². The van der Waals surface area contributed by atoms with Gasteiger partial charge in [-0.3, -0.25) is 19.2 Å². The third kappa shape index (κ3) is 8.26. The topological polar surface area (TPSA) is 113 Å². The molecule has 1 unspecified atom stereocenters. The minimum Gasteiger partial charge on any atom is -0.481 e. The second-order valence-corrected chi connectivity index (χ2v) is 3.93. The molecule has 0 spiro atoms. The van der Waals surface area contributed by atoms with Crippen LogP contribution in [0.3, 0.4) is 0 Å². The Hall–Kier alpha value is -1.92. The van der Waals surface area contributed by atoms with Crippen LogP contribution in [0.25, 0.3) is 0 Å². The van der Waals surface area contributed by atoms with E-state index in [1.54, 1.807) is 0 Å². The molecule has 0 aromatic rings. The van der Waals surface area contributed by atoms with E-state index >= 15 is 0 Å². The number of carbonyl (C=O) groups excluding carboxylic acids is 3. The summed E-state index contributed by atoms with van der Waals surface area (Å²) < 4.78 is 0. The number of hydrogen-bond donors (Lipinski definition) is 3. The lowest BCUT2D eigenvalue weighted by Crippen LogP contribution is -2.46. The van der Waals surface area contributed by atoms with Crippen LogP contribution in [0.4, 0.5) is 0 Å². The van der Waals surface area contributed by atoms with Gasteiger partial charge in [-0.25, -0.2) is 0 Å². The molecule has 0 aliphatic rings. The first kappa shape index (κ1) is 16.1. The lowest BCUT2D eigenvalue weighted by atomic mass is 10.1. The van der Waals surface area contributed by atoms with Crippen molar-refractivity contribution in [2.24, 2.45) is 0 Å². The van der Waals surface area contributed by atoms with Crippen LogP contribution in [0.2, 0.25) is 0 Å². The molecule has 0 radical (unpaired) electrons. The average molecular weight is 258 g/mol. The number of carboxylic acid groups (broad SMARTS) is 1. The summed E-state index contributed by atoms with van der Waals surface area (Å²) in [6.45, 7) is 2.83. The molecule has 102 valence electrons. The number of carboxylic acids is 1. The molecule has 0 heterocycles. The van der Waals surface area contributed by atoms with Crippen molar-refractivity contribution in [2.45, 2.75) is 39.2 Å². The number of carbonyl (C=O) groups is 4. The van der Waals surface area contributed by atoms with Gasteiger partial charge in [0.2, 0.25) is 11.8 Å². The summed E-state index contributed by atoms with van der Waals surface area (Å²) in [5.41, 5.74) is 0. The Balaban J connectivity index is 4.25. The van der Waals surface area contributed by atoms with E-state index in [2.05, 4.69) is 10.6 Å². The first-order valence-corrected chi connectivity index (χ1v) is 5.59. The Morgan fingerprint density at radius 1 is 1.11 bits per heavy atom. The Morgan fingerprint density at radius 2 is 1.72 bits per heavy atom. The highest BCUT2D eigenvalue weighted by Crippen LogP contribution is 1.98. The number of amides is 2. The highest BCUT2D eigenvalue weighted by atomic mass is 16.4. The van der Waals surface area contributed by atoms with Crippen molar-refractivity contribution < 1.29 is 24.3 Å². The monoisotopic (exact) mass is 258 g/mol. The number of hydrogen-bond acceptors (Lipinski definition) is 4. The van der Waals surface area contributed by atoms with E-state index in [4.69, 9.17) is 5.11 Å². The second-order valence-electron chi connectivity index (χ2n) is 3.93. The van der Waals surface area contributed by atoms with E-state index in [9.17, 15) is 19.2 Å². The van der Waals surface area contributed by atoms with Crippen LogP contribution in [0.15, 0.2) is 0 Å². The lowest BCUT2D eigenvalue weighted by Gasteiger charge is -2.16. The zero-order valence-corrected chi connectivity index (χ0v) is 10.5. The van der Waals surface area contributed by atoms with Gasteiger partial charge in [0, 0.05) is 26.3 Å². The maximum atomic E-state index is 11.6. The number of aliphatic carboxylic acids is 1. The van der Waals surface area contributed by atoms with E-state index in [1.807, 2.05) is 0 Å². The van der Waals surface area contributed by atoms with Crippen LogP contribution >= 0.6 is 0 Å². The van der Waals surface area contributed by atoms with Crippen LogP contribution < -0.4 is 10.6 Å². The minimum atomic E-state index is -1.04. The molecule has 0 saturated heterocycles. The summed E-state index contributed by atoms with van der Waals surface area (Å²) >= 11 is 0. The predicted octanol–water partition coefficient (Wildman–Crippen LogP) is -0.549. The van der Waals surface area contributed by atoms with E-state index in [1.165, 1.54) is 13.8 Å². The summed E-state index contributed by atoms with van der Waals surface area (Å²) in [5.74, 6) is -1.99. The molecule has 0 rings (SSSR count). The predicted molar refractivity (Wildman–Crippen MR) is 62.8 cm³/mol. The summed E-state index contributed by atoms with van der Waals surface area (Å²) in [7, 11) is 0. The van der Waals surface area contributed by atoms with E-state index in [-0.39, 0.29) is 31.6 Å². The zero-order chi connectivity index (χ0) is 14.1. The standard InChI is InChI=1S/C11H18N2O5/c1-7(14)5-6-12-11(18)9(13-8(2)15)3-4-10(16)17/h9H,3-6H2,1-2H3,(H,12,18)(H,13,15)(H,16,17). The number of ketones is 1. The zero-order valence-electron chi connectivity index (χ0n) is 10.5. The van der Waals surface area contributed by atoms with Gasteiger partial charge < -0.3 is 15.7 Å². The Bertz CT molecular complexity index is 340. The molecule has 0 fully saturated rings. The molecule has 0 aliphatic carbocycles. The van der Waals surface area contributed by atoms with Crippen molar-refractivity contribution in [2.75, 3.05) is 6.54 Å². The molecule has 1 atom stereocenters. The molecule has 3 N–H and O–H groups in total.